The Bertz CT molecular complexity index is 946. The molecule has 0 unspecified atom stereocenters. The van der Waals surface area contributed by atoms with Crippen LogP contribution in [-0.2, 0) is 9.53 Å². The van der Waals surface area contributed by atoms with Crippen LogP contribution in [0, 0.1) is 6.92 Å². The number of ether oxygens (including phenoxy) is 1. The Labute approximate surface area is 155 Å². The zero-order chi connectivity index (χ0) is 18.7. The second-order valence-corrected chi connectivity index (χ2v) is 6.41. The lowest BCUT2D eigenvalue weighted by atomic mass is 10.1. The molecule has 1 aromatic heterocycles. The topological polar surface area (TPSA) is 68.5 Å². The number of furan rings is 1. The Morgan fingerprint density at radius 2 is 1.85 bits per heavy atom. The van der Waals surface area contributed by atoms with Crippen LogP contribution in [0.25, 0.3) is 11.0 Å². The molecular weight excluding hydrogens is 354 g/mol. The molecule has 134 valence electrons. The number of nitrogens with one attached hydrogen (secondary N) is 1. The predicted octanol–water partition coefficient (Wildman–Crippen LogP) is 4.43. The molecule has 0 aliphatic heterocycles. The molecule has 1 amide bonds. The van der Waals surface area contributed by atoms with Gasteiger partial charge in [0.2, 0.25) is 5.76 Å². The molecule has 0 saturated heterocycles. The van der Waals surface area contributed by atoms with Gasteiger partial charge in [0.05, 0.1) is 6.04 Å². The second-order valence-electron chi connectivity index (χ2n) is 5.97. The first-order valence-corrected chi connectivity index (χ1v) is 8.53. The fourth-order valence-electron chi connectivity index (χ4n) is 2.68. The lowest BCUT2D eigenvalue weighted by Gasteiger charge is -2.14. The van der Waals surface area contributed by atoms with Crippen LogP contribution in [0.5, 0.6) is 0 Å². The van der Waals surface area contributed by atoms with Gasteiger partial charge in [0.25, 0.3) is 5.91 Å². The van der Waals surface area contributed by atoms with Crippen LogP contribution in [-0.4, -0.2) is 18.5 Å². The molecule has 0 radical (unpaired) electrons. The van der Waals surface area contributed by atoms with Gasteiger partial charge in [-0.25, -0.2) is 4.79 Å². The normalized spacial score (nSPS) is 12.0. The highest BCUT2D eigenvalue weighted by Crippen LogP contribution is 2.25. The van der Waals surface area contributed by atoms with E-state index in [1.165, 1.54) is 0 Å². The summed E-state index contributed by atoms with van der Waals surface area (Å²) in [5.41, 5.74) is 2.21. The molecule has 0 aliphatic rings. The van der Waals surface area contributed by atoms with Crippen LogP contribution in [0.4, 0.5) is 0 Å². The quantitative estimate of drug-likeness (QED) is 0.674. The molecule has 1 heterocycles. The molecule has 0 bridgehead atoms. The van der Waals surface area contributed by atoms with Crippen LogP contribution in [0.15, 0.2) is 52.9 Å². The molecule has 0 saturated carbocycles. The van der Waals surface area contributed by atoms with Gasteiger partial charge in [-0.3, -0.25) is 4.79 Å². The van der Waals surface area contributed by atoms with E-state index in [9.17, 15) is 9.59 Å². The van der Waals surface area contributed by atoms with E-state index >= 15 is 0 Å². The summed E-state index contributed by atoms with van der Waals surface area (Å²) in [5, 5.41) is 4.25. The van der Waals surface area contributed by atoms with Crippen LogP contribution < -0.4 is 5.32 Å². The summed E-state index contributed by atoms with van der Waals surface area (Å²) >= 11 is 5.85. The van der Waals surface area contributed by atoms with E-state index in [0.717, 1.165) is 10.9 Å². The summed E-state index contributed by atoms with van der Waals surface area (Å²) in [6, 6.07) is 14.3. The van der Waals surface area contributed by atoms with Crippen LogP contribution in [0.1, 0.15) is 34.6 Å². The van der Waals surface area contributed by atoms with Crippen molar-refractivity contribution in [1.29, 1.82) is 0 Å². The Balaban J connectivity index is 1.59. The van der Waals surface area contributed by atoms with E-state index in [1.54, 1.807) is 25.1 Å². The van der Waals surface area contributed by atoms with Gasteiger partial charge in [-0.15, -0.1) is 0 Å². The number of esters is 1. The minimum absolute atomic E-state index is 0.116. The number of amides is 1. The third-order valence-corrected chi connectivity index (χ3v) is 4.36. The first-order chi connectivity index (χ1) is 12.5. The summed E-state index contributed by atoms with van der Waals surface area (Å²) in [4.78, 5) is 24.3. The van der Waals surface area contributed by atoms with Crippen molar-refractivity contribution in [3.8, 4) is 0 Å². The van der Waals surface area contributed by atoms with Gasteiger partial charge in [0.15, 0.2) is 6.61 Å². The SMILES string of the molecule is Cc1c(C(=O)OCC(=O)N[C@@H](C)c2ccc(Cl)cc2)oc2ccccc12. The largest absolute Gasteiger partial charge is 0.450 e. The fourth-order valence-corrected chi connectivity index (χ4v) is 2.81. The number of aryl methyl sites for hydroxylation is 1. The minimum Gasteiger partial charge on any atom is -0.450 e. The van der Waals surface area contributed by atoms with Gasteiger partial charge in [0.1, 0.15) is 5.58 Å². The Hall–Kier alpha value is -2.79. The third-order valence-electron chi connectivity index (χ3n) is 4.11. The lowest BCUT2D eigenvalue weighted by molar-refractivity contribution is -0.124. The van der Waals surface area contributed by atoms with Gasteiger partial charge in [-0.05, 0) is 37.6 Å². The molecule has 6 heteroatoms. The summed E-state index contributed by atoms with van der Waals surface area (Å²) in [5.74, 6) is -0.938. The maximum Gasteiger partial charge on any atom is 0.375 e. The number of para-hydroxylation sites is 1. The summed E-state index contributed by atoms with van der Waals surface area (Å²) in [6.07, 6.45) is 0. The standard InChI is InChI=1S/C20H18ClNO4/c1-12-16-5-3-4-6-17(16)26-19(12)20(24)25-11-18(23)22-13(2)14-7-9-15(21)10-8-14/h3-10,13H,11H2,1-2H3,(H,22,23)/t13-/m0/s1. The summed E-state index contributed by atoms with van der Waals surface area (Å²) in [7, 11) is 0. The highest BCUT2D eigenvalue weighted by Gasteiger charge is 2.20. The van der Waals surface area contributed by atoms with Crippen molar-refractivity contribution < 1.29 is 18.7 Å². The summed E-state index contributed by atoms with van der Waals surface area (Å²) < 4.78 is 10.6. The van der Waals surface area contributed by atoms with Crippen molar-refractivity contribution in [2.45, 2.75) is 19.9 Å². The van der Waals surface area contributed by atoms with Crippen molar-refractivity contribution in [1.82, 2.24) is 5.32 Å². The van der Waals surface area contributed by atoms with Crippen molar-refractivity contribution in [2.24, 2.45) is 0 Å². The van der Waals surface area contributed by atoms with E-state index in [-0.39, 0.29) is 18.4 Å². The number of fused-ring (bicyclic) bond motifs is 1. The maximum absolute atomic E-state index is 12.2. The first-order valence-electron chi connectivity index (χ1n) is 8.16. The number of carbonyl (C=O) groups is 2. The van der Waals surface area contributed by atoms with Gasteiger partial charge in [-0.2, -0.15) is 0 Å². The molecule has 3 rings (SSSR count). The van der Waals surface area contributed by atoms with Gasteiger partial charge in [-0.1, -0.05) is 41.9 Å². The van der Waals surface area contributed by atoms with Crippen LogP contribution >= 0.6 is 11.6 Å². The average Bonchev–Trinajstić information content (AvgIpc) is 2.97. The number of carbonyl (C=O) groups excluding carboxylic acids is 2. The number of hydrogen-bond donors (Lipinski definition) is 1. The highest BCUT2D eigenvalue weighted by atomic mass is 35.5. The van der Waals surface area contributed by atoms with E-state index < -0.39 is 11.9 Å². The molecule has 0 aliphatic carbocycles. The average molecular weight is 372 g/mol. The minimum atomic E-state index is -0.659. The Kier molecular flexibility index (Phi) is 5.28. The van der Waals surface area contributed by atoms with E-state index in [0.29, 0.717) is 16.2 Å². The fraction of sp³-hybridized carbons (Fsp3) is 0.200. The van der Waals surface area contributed by atoms with Crippen LogP contribution in [0.2, 0.25) is 5.02 Å². The van der Waals surface area contributed by atoms with Gasteiger partial charge in [0, 0.05) is 16.0 Å². The van der Waals surface area contributed by atoms with Crippen molar-refractivity contribution in [2.75, 3.05) is 6.61 Å². The lowest BCUT2D eigenvalue weighted by Crippen LogP contribution is -2.31. The van der Waals surface area contributed by atoms with Crippen LogP contribution in [0.3, 0.4) is 0 Å². The molecule has 1 N–H and O–H groups in total. The molecule has 26 heavy (non-hydrogen) atoms. The number of rotatable bonds is 5. The number of benzene rings is 2. The zero-order valence-electron chi connectivity index (χ0n) is 14.4. The van der Waals surface area contributed by atoms with E-state index in [1.807, 2.05) is 37.3 Å². The Morgan fingerprint density at radius 1 is 1.15 bits per heavy atom. The molecular formula is C20H18ClNO4. The zero-order valence-corrected chi connectivity index (χ0v) is 15.2. The monoisotopic (exact) mass is 371 g/mol. The molecule has 1 atom stereocenters. The van der Waals surface area contributed by atoms with Gasteiger partial charge < -0.3 is 14.5 Å². The highest BCUT2D eigenvalue weighted by molar-refractivity contribution is 6.30. The third kappa shape index (κ3) is 3.89. The van der Waals surface area contributed by atoms with Crippen molar-refractivity contribution in [3.63, 3.8) is 0 Å². The van der Waals surface area contributed by atoms with E-state index in [4.69, 9.17) is 20.8 Å². The molecule has 0 spiro atoms. The summed E-state index contributed by atoms with van der Waals surface area (Å²) in [6.45, 7) is 3.24. The predicted molar refractivity (Wildman–Crippen MR) is 99.2 cm³/mol. The van der Waals surface area contributed by atoms with E-state index in [2.05, 4.69) is 5.32 Å². The maximum atomic E-state index is 12.2. The second kappa shape index (κ2) is 7.62. The van der Waals surface area contributed by atoms with Crippen molar-refractivity contribution >= 4 is 34.4 Å². The number of hydrogen-bond acceptors (Lipinski definition) is 4. The van der Waals surface area contributed by atoms with Gasteiger partial charge >= 0.3 is 5.97 Å². The molecule has 0 fully saturated rings. The first kappa shape index (κ1) is 18.0. The molecule has 5 nitrogen and oxygen atoms in total. The molecule has 3 aromatic rings. The molecule has 2 aromatic carbocycles. The smallest absolute Gasteiger partial charge is 0.375 e. The van der Waals surface area contributed by atoms with Crippen molar-refractivity contribution in [3.05, 3.63) is 70.4 Å². The number of halogens is 1. The Morgan fingerprint density at radius 3 is 2.54 bits per heavy atom.